The van der Waals surface area contributed by atoms with Crippen LogP contribution in [0, 0.1) is 17.8 Å². The van der Waals surface area contributed by atoms with Crippen LogP contribution in [-0.4, -0.2) is 36.1 Å². The van der Waals surface area contributed by atoms with Crippen molar-refractivity contribution in [2.75, 3.05) is 19.8 Å². The molecule has 5 heteroatoms. The van der Waals surface area contributed by atoms with E-state index in [4.69, 9.17) is 9.84 Å². The molecule has 0 saturated carbocycles. The Balaban J connectivity index is 1.94. The molecule has 1 aromatic rings. The molecule has 0 radical (unpaired) electrons. The van der Waals surface area contributed by atoms with Gasteiger partial charge in [0.1, 0.15) is 0 Å². The maximum atomic E-state index is 10.4. The quantitative estimate of drug-likeness (QED) is 0.745. The monoisotopic (exact) mass is 303 g/mol. The molecular weight excluding hydrogens is 282 g/mol. The van der Waals surface area contributed by atoms with Gasteiger partial charge in [-0.15, -0.1) is 0 Å². The minimum absolute atomic E-state index is 0.217. The fraction of sp³-hybridized carbons (Fsp3) is 0.471. The minimum atomic E-state index is -1.08. The molecule has 0 bridgehead atoms. The first kappa shape index (κ1) is 16.3. The van der Waals surface area contributed by atoms with Gasteiger partial charge < -0.3 is 20.3 Å². The zero-order chi connectivity index (χ0) is 15.8. The van der Waals surface area contributed by atoms with Gasteiger partial charge in [0.15, 0.2) is 0 Å². The molecule has 5 nitrogen and oxygen atoms in total. The molecular formula is C17H21NO4. The van der Waals surface area contributed by atoms with Gasteiger partial charge in [-0.05, 0) is 37.0 Å². The van der Waals surface area contributed by atoms with Crippen LogP contribution in [0.5, 0.6) is 0 Å². The van der Waals surface area contributed by atoms with E-state index in [-0.39, 0.29) is 6.54 Å². The first-order valence-corrected chi connectivity index (χ1v) is 7.49. The highest BCUT2D eigenvalue weighted by Crippen LogP contribution is 2.18. The summed E-state index contributed by atoms with van der Waals surface area (Å²) in [6.07, 6.45) is 0.495. The number of carboxylic acid groups (broad SMARTS) is 1. The Bertz CT molecular complexity index is 555. The van der Waals surface area contributed by atoms with Gasteiger partial charge in [-0.2, -0.15) is 0 Å². The SMILES string of the molecule is O=C(O)NCCC(O)c1cccc(C#CC2CCOCC2)c1. The van der Waals surface area contributed by atoms with Gasteiger partial charge in [-0.1, -0.05) is 24.0 Å². The van der Waals surface area contributed by atoms with Crippen LogP contribution in [-0.2, 0) is 4.74 Å². The summed E-state index contributed by atoms with van der Waals surface area (Å²) in [5.41, 5.74) is 1.63. The summed E-state index contributed by atoms with van der Waals surface area (Å²) < 4.78 is 5.31. The second kappa shape index (κ2) is 8.42. The lowest BCUT2D eigenvalue weighted by Gasteiger charge is -2.16. The van der Waals surface area contributed by atoms with Gasteiger partial charge in [0.25, 0.3) is 0 Å². The Hall–Kier alpha value is -2.03. The number of aliphatic hydroxyl groups excluding tert-OH is 1. The first-order chi connectivity index (χ1) is 10.6. The van der Waals surface area contributed by atoms with Gasteiger partial charge in [0, 0.05) is 31.2 Å². The molecule has 22 heavy (non-hydrogen) atoms. The fourth-order valence-corrected chi connectivity index (χ4v) is 2.33. The molecule has 1 heterocycles. The third-order valence-corrected chi connectivity index (χ3v) is 3.61. The van der Waals surface area contributed by atoms with Crippen LogP contribution < -0.4 is 5.32 Å². The molecule has 2 rings (SSSR count). The average molecular weight is 303 g/mol. The lowest BCUT2D eigenvalue weighted by atomic mass is 9.99. The van der Waals surface area contributed by atoms with E-state index in [0.29, 0.717) is 12.3 Å². The number of rotatable bonds is 4. The summed E-state index contributed by atoms with van der Waals surface area (Å²) in [5, 5.41) is 20.8. The molecule has 118 valence electrons. The van der Waals surface area contributed by atoms with Crippen LogP contribution in [0.25, 0.3) is 0 Å². The lowest BCUT2D eigenvalue weighted by Crippen LogP contribution is -2.23. The molecule has 1 fully saturated rings. The minimum Gasteiger partial charge on any atom is -0.465 e. The molecule has 3 N–H and O–H groups in total. The van der Waals surface area contributed by atoms with Gasteiger partial charge in [0.05, 0.1) is 6.10 Å². The predicted octanol–water partition coefficient (Wildman–Crippen LogP) is 2.16. The predicted molar refractivity (Wildman–Crippen MR) is 82.5 cm³/mol. The summed E-state index contributed by atoms with van der Waals surface area (Å²) in [4.78, 5) is 10.4. The van der Waals surface area contributed by atoms with Crippen LogP contribution in [0.2, 0.25) is 0 Å². The highest BCUT2D eigenvalue weighted by Gasteiger charge is 2.11. The number of ether oxygens (including phenoxy) is 1. The van der Waals surface area contributed by atoms with Crippen molar-refractivity contribution in [3.63, 3.8) is 0 Å². The van der Waals surface area contributed by atoms with Gasteiger partial charge >= 0.3 is 6.09 Å². The van der Waals surface area contributed by atoms with Gasteiger partial charge in [-0.25, -0.2) is 4.79 Å². The number of amides is 1. The summed E-state index contributed by atoms with van der Waals surface area (Å²) in [5.74, 6) is 6.79. The van der Waals surface area contributed by atoms with Crippen molar-refractivity contribution >= 4 is 6.09 Å². The maximum Gasteiger partial charge on any atom is 0.404 e. The number of nitrogens with one attached hydrogen (secondary N) is 1. The third kappa shape index (κ3) is 5.40. The summed E-state index contributed by atoms with van der Waals surface area (Å²) in [6, 6.07) is 7.46. The summed E-state index contributed by atoms with van der Waals surface area (Å²) in [6.45, 7) is 1.76. The molecule has 1 atom stereocenters. The molecule has 1 saturated heterocycles. The molecule has 1 aliphatic rings. The van der Waals surface area contributed by atoms with E-state index in [9.17, 15) is 9.90 Å². The zero-order valence-corrected chi connectivity index (χ0v) is 12.4. The second-order valence-corrected chi connectivity index (χ2v) is 5.32. The Labute approximate surface area is 130 Å². The number of carbonyl (C=O) groups is 1. The largest absolute Gasteiger partial charge is 0.465 e. The zero-order valence-electron chi connectivity index (χ0n) is 12.4. The highest BCUT2D eigenvalue weighted by molar-refractivity contribution is 5.64. The van der Waals surface area contributed by atoms with Crippen molar-refractivity contribution in [1.82, 2.24) is 5.32 Å². The van der Waals surface area contributed by atoms with E-state index in [1.165, 1.54) is 0 Å². The van der Waals surface area contributed by atoms with E-state index in [1.807, 2.05) is 24.3 Å². The van der Waals surface area contributed by atoms with Crippen molar-refractivity contribution in [1.29, 1.82) is 0 Å². The molecule has 1 amide bonds. The molecule has 0 spiro atoms. The fourth-order valence-electron chi connectivity index (χ4n) is 2.33. The van der Waals surface area contributed by atoms with E-state index >= 15 is 0 Å². The number of hydrogen-bond acceptors (Lipinski definition) is 3. The normalized spacial score (nSPS) is 16.4. The van der Waals surface area contributed by atoms with Crippen LogP contribution in [0.4, 0.5) is 4.79 Å². The second-order valence-electron chi connectivity index (χ2n) is 5.32. The van der Waals surface area contributed by atoms with E-state index in [0.717, 1.165) is 37.2 Å². The van der Waals surface area contributed by atoms with Crippen LogP contribution in [0.1, 0.15) is 36.5 Å². The van der Waals surface area contributed by atoms with Crippen LogP contribution in [0.3, 0.4) is 0 Å². The van der Waals surface area contributed by atoms with Crippen molar-refractivity contribution in [2.45, 2.75) is 25.4 Å². The maximum absolute atomic E-state index is 10.4. The number of benzene rings is 1. The average Bonchev–Trinajstić information content (AvgIpc) is 2.54. The van der Waals surface area contributed by atoms with Gasteiger partial charge in [-0.3, -0.25) is 0 Å². The van der Waals surface area contributed by atoms with Gasteiger partial charge in [0.2, 0.25) is 0 Å². The topological polar surface area (TPSA) is 78.8 Å². The Morgan fingerprint density at radius 3 is 2.91 bits per heavy atom. The van der Waals surface area contributed by atoms with Crippen molar-refractivity contribution in [2.24, 2.45) is 5.92 Å². The number of aliphatic hydroxyl groups is 1. The Kier molecular flexibility index (Phi) is 6.26. The van der Waals surface area contributed by atoms with E-state index in [1.54, 1.807) is 0 Å². The highest BCUT2D eigenvalue weighted by atomic mass is 16.5. The summed E-state index contributed by atoms with van der Waals surface area (Å²) in [7, 11) is 0. The molecule has 0 aromatic heterocycles. The Morgan fingerprint density at radius 2 is 2.18 bits per heavy atom. The Morgan fingerprint density at radius 1 is 1.41 bits per heavy atom. The van der Waals surface area contributed by atoms with E-state index in [2.05, 4.69) is 17.2 Å². The molecule has 1 aromatic carbocycles. The third-order valence-electron chi connectivity index (χ3n) is 3.61. The van der Waals surface area contributed by atoms with E-state index < -0.39 is 12.2 Å². The lowest BCUT2D eigenvalue weighted by molar-refractivity contribution is 0.0807. The van der Waals surface area contributed by atoms with Crippen LogP contribution >= 0.6 is 0 Å². The van der Waals surface area contributed by atoms with Crippen molar-refractivity contribution in [3.05, 3.63) is 35.4 Å². The molecule has 1 unspecified atom stereocenters. The first-order valence-electron chi connectivity index (χ1n) is 7.49. The molecule has 0 aliphatic carbocycles. The van der Waals surface area contributed by atoms with Crippen molar-refractivity contribution in [3.8, 4) is 11.8 Å². The van der Waals surface area contributed by atoms with Crippen molar-refractivity contribution < 1.29 is 19.7 Å². The number of hydrogen-bond donors (Lipinski definition) is 3. The summed E-state index contributed by atoms with van der Waals surface area (Å²) >= 11 is 0. The van der Waals surface area contributed by atoms with Crippen LogP contribution in [0.15, 0.2) is 24.3 Å². The molecule has 1 aliphatic heterocycles. The standard InChI is InChI=1S/C17H21NO4/c19-16(6-9-18-17(20)21)15-3-1-2-14(12-15)5-4-13-7-10-22-11-8-13/h1-3,12-13,16,18-19H,6-11H2,(H,20,21). The smallest absolute Gasteiger partial charge is 0.404 e.